The molecular formula is C19H14F3NO5. The molecule has 0 aromatic heterocycles. The minimum absolute atomic E-state index is 0.0175. The summed E-state index contributed by atoms with van der Waals surface area (Å²) < 4.78 is 62.5. The van der Waals surface area contributed by atoms with Gasteiger partial charge < -0.3 is 24.7 Å². The molecule has 0 spiro atoms. The van der Waals surface area contributed by atoms with Crippen LogP contribution in [0.1, 0.15) is 24.0 Å². The third-order valence-corrected chi connectivity index (χ3v) is 4.42. The summed E-state index contributed by atoms with van der Waals surface area (Å²) in [6, 6.07) is 4.62. The van der Waals surface area contributed by atoms with Crippen LogP contribution >= 0.6 is 0 Å². The van der Waals surface area contributed by atoms with Crippen LogP contribution in [-0.4, -0.2) is 19.4 Å². The fourth-order valence-corrected chi connectivity index (χ4v) is 3.24. The molecule has 0 amide bonds. The lowest BCUT2D eigenvalue weighted by atomic mass is 9.82. The molecule has 4 rings (SSSR count). The number of carbonyl (C=O) groups excluding carboxylic acids is 1. The van der Waals surface area contributed by atoms with E-state index in [0.29, 0.717) is 17.1 Å². The van der Waals surface area contributed by atoms with E-state index in [9.17, 15) is 18.0 Å². The minimum Gasteiger partial charge on any atom is -0.462 e. The van der Waals surface area contributed by atoms with Crippen molar-refractivity contribution in [2.24, 2.45) is 5.73 Å². The van der Waals surface area contributed by atoms with Gasteiger partial charge in [-0.05, 0) is 30.7 Å². The summed E-state index contributed by atoms with van der Waals surface area (Å²) in [5.74, 6) is -5.63. The number of hydrogen-bond acceptors (Lipinski definition) is 6. The zero-order chi connectivity index (χ0) is 20.0. The summed E-state index contributed by atoms with van der Waals surface area (Å²) in [6.07, 6.45) is 0. The van der Waals surface area contributed by atoms with E-state index in [1.165, 1.54) is 12.1 Å². The number of carbonyl (C=O) groups is 1. The monoisotopic (exact) mass is 393 g/mol. The topological polar surface area (TPSA) is 80.0 Å². The van der Waals surface area contributed by atoms with E-state index in [1.807, 2.05) is 0 Å². The van der Waals surface area contributed by atoms with E-state index >= 15 is 0 Å². The van der Waals surface area contributed by atoms with Crippen LogP contribution in [0.5, 0.6) is 17.2 Å². The Labute approximate surface area is 157 Å². The molecule has 146 valence electrons. The lowest BCUT2D eigenvalue weighted by molar-refractivity contribution is -0.139. The predicted octanol–water partition coefficient (Wildman–Crippen LogP) is 3.09. The van der Waals surface area contributed by atoms with Gasteiger partial charge in [-0.15, -0.1) is 0 Å². The van der Waals surface area contributed by atoms with Crippen molar-refractivity contribution in [3.8, 4) is 17.2 Å². The second-order valence-corrected chi connectivity index (χ2v) is 6.08. The van der Waals surface area contributed by atoms with Gasteiger partial charge in [0.15, 0.2) is 29.0 Å². The quantitative estimate of drug-likeness (QED) is 0.638. The molecule has 2 N–H and O–H groups in total. The Morgan fingerprint density at radius 3 is 2.39 bits per heavy atom. The summed E-state index contributed by atoms with van der Waals surface area (Å²) in [5, 5.41) is 0. The van der Waals surface area contributed by atoms with E-state index < -0.39 is 29.3 Å². The molecule has 28 heavy (non-hydrogen) atoms. The van der Waals surface area contributed by atoms with Crippen molar-refractivity contribution in [1.29, 1.82) is 0 Å². The Kier molecular flexibility index (Phi) is 4.29. The molecule has 6 nitrogen and oxygen atoms in total. The third kappa shape index (κ3) is 2.79. The van der Waals surface area contributed by atoms with Crippen molar-refractivity contribution in [3.05, 3.63) is 64.3 Å². The largest absolute Gasteiger partial charge is 0.462 e. The number of esters is 1. The van der Waals surface area contributed by atoms with Gasteiger partial charge in [0.05, 0.1) is 12.5 Å². The van der Waals surface area contributed by atoms with Crippen LogP contribution in [0.2, 0.25) is 0 Å². The van der Waals surface area contributed by atoms with Crippen LogP contribution in [0.15, 0.2) is 35.7 Å². The second-order valence-electron chi connectivity index (χ2n) is 6.08. The molecule has 2 aromatic carbocycles. The number of benzene rings is 2. The van der Waals surface area contributed by atoms with Crippen molar-refractivity contribution in [2.45, 2.75) is 12.8 Å². The normalized spacial score (nSPS) is 17.2. The first-order valence-corrected chi connectivity index (χ1v) is 8.33. The van der Waals surface area contributed by atoms with E-state index in [-0.39, 0.29) is 36.2 Å². The van der Waals surface area contributed by atoms with E-state index in [4.69, 9.17) is 24.7 Å². The molecule has 0 radical (unpaired) electrons. The van der Waals surface area contributed by atoms with Gasteiger partial charge in [-0.25, -0.2) is 18.0 Å². The van der Waals surface area contributed by atoms with Crippen LogP contribution in [0, 0.1) is 17.5 Å². The lowest BCUT2D eigenvalue weighted by Gasteiger charge is -2.28. The maximum absolute atomic E-state index is 13.9. The van der Waals surface area contributed by atoms with Crippen LogP contribution in [0.4, 0.5) is 13.2 Å². The Balaban J connectivity index is 1.94. The number of hydrogen-bond donors (Lipinski definition) is 1. The smallest absolute Gasteiger partial charge is 0.340 e. The maximum atomic E-state index is 13.9. The van der Waals surface area contributed by atoms with E-state index in [1.54, 1.807) is 6.92 Å². The predicted molar refractivity (Wildman–Crippen MR) is 89.2 cm³/mol. The molecule has 9 heteroatoms. The SMILES string of the molecule is CCOC(=O)C1=C(N)Oc2cc3c(cc2C1c1cc(F)c(F)c(F)c1)OCO3. The van der Waals surface area contributed by atoms with Crippen molar-refractivity contribution < 1.29 is 36.9 Å². The Morgan fingerprint density at radius 2 is 1.75 bits per heavy atom. The first-order valence-electron chi connectivity index (χ1n) is 8.33. The zero-order valence-electron chi connectivity index (χ0n) is 14.6. The highest BCUT2D eigenvalue weighted by atomic mass is 19.2. The van der Waals surface area contributed by atoms with Gasteiger partial charge in [0.25, 0.3) is 0 Å². The molecule has 1 unspecified atom stereocenters. The first-order chi connectivity index (χ1) is 13.4. The molecule has 2 aliphatic rings. The highest BCUT2D eigenvalue weighted by Gasteiger charge is 2.38. The Bertz CT molecular complexity index is 998. The molecular weight excluding hydrogens is 379 g/mol. The van der Waals surface area contributed by atoms with Gasteiger partial charge in [-0.2, -0.15) is 0 Å². The second kappa shape index (κ2) is 6.66. The summed E-state index contributed by atoms with van der Waals surface area (Å²) in [4.78, 5) is 12.5. The van der Waals surface area contributed by atoms with Crippen LogP contribution in [0.3, 0.4) is 0 Å². The highest BCUT2D eigenvalue weighted by Crippen LogP contribution is 2.48. The van der Waals surface area contributed by atoms with Gasteiger partial charge in [0.1, 0.15) is 11.3 Å². The molecule has 0 saturated heterocycles. The van der Waals surface area contributed by atoms with Gasteiger partial charge in [-0.3, -0.25) is 0 Å². The summed E-state index contributed by atoms with van der Waals surface area (Å²) in [7, 11) is 0. The minimum atomic E-state index is -1.61. The van der Waals surface area contributed by atoms with Gasteiger partial charge in [0.2, 0.25) is 12.7 Å². The van der Waals surface area contributed by atoms with Gasteiger partial charge in [0, 0.05) is 11.6 Å². The summed E-state index contributed by atoms with van der Waals surface area (Å²) in [6.45, 7) is 1.62. The highest BCUT2D eigenvalue weighted by molar-refractivity contribution is 5.92. The molecule has 0 fully saturated rings. The Hall–Kier alpha value is -3.36. The van der Waals surface area contributed by atoms with E-state index in [0.717, 1.165) is 12.1 Å². The molecule has 2 aromatic rings. The average molecular weight is 393 g/mol. The average Bonchev–Trinajstić information content (AvgIpc) is 3.10. The van der Waals surface area contributed by atoms with Crippen molar-refractivity contribution >= 4 is 5.97 Å². The number of ether oxygens (including phenoxy) is 4. The first kappa shape index (κ1) is 18.0. The van der Waals surface area contributed by atoms with Crippen LogP contribution < -0.4 is 19.9 Å². The summed E-state index contributed by atoms with van der Waals surface area (Å²) >= 11 is 0. The van der Waals surface area contributed by atoms with Crippen molar-refractivity contribution in [1.82, 2.24) is 0 Å². The third-order valence-electron chi connectivity index (χ3n) is 4.42. The lowest BCUT2D eigenvalue weighted by Crippen LogP contribution is -2.27. The zero-order valence-corrected chi connectivity index (χ0v) is 14.6. The Morgan fingerprint density at radius 1 is 1.11 bits per heavy atom. The van der Waals surface area contributed by atoms with Gasteiger partial charge >= 0.3 is 5.97 Å². The standard InChI is InChI=1S/C19H14F3NO5/c1-2-25-19(24)16-15(8-3-10(20)17(22)11(21)4-8)9-5-13-14(27-7-26-13)6-12(9)28-18(16)23/h3-6,15H,2,7,23H2,1H3. The molecule has 1 atom stereocenters. The molecule has 2 heterocycles. The van der Waals surface area contributed by atoms with E-state index in [2.05, 4.69) is 0 Å². The number of rotatable bonds is 3. The fraction of sp³-hybridized carbons (Fsp3) is 0.211. The molecule has 0 bridgehead atoms. The molecule has 0 aliphatic carbocycles. The maximum Gasteiger partial charge on any atom is 0.340 e. The van der Waals surface area contributed by atoms with Crippen LogP contribution in [0.25, 0.3) is 0 Å². The number of fused-ring (bicyclic) bond motifs is 2. The molecule has 0 saturated carbocycles. The summed E-state index contributed by atoms with van der Waals surface area (Å²) in [5.41, 5.74) is 6.08. The van der Waals surface area contributed by atoms with Crippen molar-refractivity contribution in [3.63, 3.8) is 0 Å². The number of nitrogens with two attached hydrogens (primary N) is 1. The molecule has 2 aliphatic heterocycles. The fourth-order valence-electron chi connectivity index (χ4n) is 3.24. The van der Waals surface area contributed by atoms with Crippen molar-refractivity contribution in [2.75, 3.05) is 13.4 Å². The number of halogens is 3. The van der Waals surface area contributed by atoms with Crippen LogP contribution in [-0.2, 0) is 9.53 Å². The van der Waals surface area contributed by atoms with Gasteiger partial charge in [-0.1, -0.05) is 0 Å².